The summed E-state index contributed by atoms with van der Waals surface area (Å²) in [6, 6.07) is 7.82. The molecule has 0 unspecified atom stereocenters. The zero-order valence-electron chi connectivity index (χ0n) is 8.71. The van der Waals surface area contributed by atoms with Crippen LogP contribution in [-0.2, 0) is 6.54 Å². The van der Waals surface area contributed by atoms with E-state index >= 15 is 0 Å². The van der Waals surface area contributed by atoms with Gasteiger partial charge in [0.05, 0.1) is 0 Å². The molecule has 0 bridgehead atoms. The van der Waals surface area contributed by atoms with Crippen molar-refractivity contribution in [2.75, 3.05) is 6.26 Å². The minimum absolute atomic E-state index is 0.394. The van der Waals surface area contributed by atoms with Crippen LogP contribution in [0, 0.1) is 0 Å². The molecule has 0 amide bonds. The fraction of sp³-hybridized carbons (Fsp3) is 0.200. The van der Waals surface area contributed by atoms with E-state index in [1.54, 1.807) is 11.8 Å². The molecule has 2 N–H and O–H groups in total. The van der Waals surface area contributed by atoms with Gasteiger partial charge in [-0.3, -0.25) is 0 Å². The van der Waals surface area contributed by atoms with Crippen LogP contribution >= 0.6 is 23.1 Å². The van der Waals surface area contributed by atoms with Crippen LogP contribution < -0.4 is 10.5 Å². The zero-order chi connectivity index (χ0) is 11.4. The van der Waals surface area contributed by atoms with Crippen LogP contribution in [0.25, 0.3) is 0 Å². The molecule has 0 aliphatic carbocycles. The highest BCUT2D eigenvalue weighted by Gasteiger charge is 2.07. The monoisotopic (exact) mass is 253 g/mol. The van der Waals surface area contributed by atoms with E-state index < -0.39 is 0 Å². The van der Waals surface area contributed by atoms with E-state index in [0.29, 0.717) is 11.7 Å². The third-order valence-electron chi connectivity index (χ3n) is 1.89. The van der Waals surface area contributed by atoms with E-state index in [9.17, 15) is 0 Å². The summed E-state index contributed by atoms with van der Waals surface area (Å²) in [5, 5.41) is 9.12. The minimum atomic E-state index is 0.394. The normalized spacial score (nSPS) is 10.4. The van der Waals surface area contributed by atoms with Crippen molar-refractivity contribution in [3.8, 4) is 10.9 Å². The van der Waals surface area contributed by atoms with Crippen LogP contribution in [0.5, 0.6) is 10.9 Å². The number of nitrogens with zero attached hydrogens (tertiary/aromatic N) is 2. The number of benzene rings is 1. The fourth-order valence-corrected chi connectivity index (χ4v) is 2.26. The van der Waals surface area contributed by atoms with Gasteiger partial charge < -0.3 is 10.5 Å². The molecule has 6 heteroatoms. The summed E-state index contributed by atoms with van der Waals surface area (Å²) in [6.07, 6.45) is 2.01. The standard InChI is InChI=1S/C10H11N3OS2/c1-15-8-5-3-2-4-7(8)14-10-13-12-9(6-11)16-10/h2-5H,6,11H2,1H3. The highest BCUT2D eigenvalue weighted by atomic mass is 32.2. The number of rotatable bonds is 4. The van der Waals surface area contributed by atoms with Gasteiger partial charge in [0.2, 0.25) is 0 Å². The van der Waals surface area contributed by atoms with Gasteiger partial charge in [0, 0.05) is 11.4 Å². The Balaban J connectivity index is 2.19. The maximum Gasteiger partial charge on any atom is 0.299 e. The molecule has 0 aliphatic rings. The smallest absolute Gasteiger partial charge is 0.299 e. The molecule has 84 valence electrons. The second-order valence-corrected chi connectivity index (χ2v) is 4.79. The molecule has 0 saturated carbocycles. The van der Waals surface area contributed by atoms with Crippen LogP contribution in [0.3, 0.4) is 0 Å². The van der Waals surface area contributed by atoms with Crippen LogP contribution in [-0.4, -0.2) is 16.5 Å². The summed E-state index contributed by atoms with van der Waals surface area (Å²) >= 11 is 3.00. The SMILES string of the molecule is CSc1ccccc1Oc1nnc(CN)s1. The first-order valence-electron chi connectivity index (χ1n) is 4.67. The first kappa shape index (κ1) is 11.4. The number of para-hydroxylation sites is 1. The van der Waals surface area contributed by atoms with Gasteiger partial charge in [0.15, 0.2) is 0 Å². The molecule has 0 saturated heterocycles. The minimum Gasteiger partial charge on any atom is -0.429 e. The van der Waals surface area contributed by atoms with E-state index in [-0.39, 0.29) is 0 Å². The van der Waals surface area contributed by atoms with Gasteiger partial charge in [-0.1, -0.05) is 28.6 Å². The Labute approximate surface area is 102 Å². The Bertz CT molecular complexity index is 473. The highest BCUT2D eigenvalue weighted by molar-refractivity contribution is 7.98. The summed E-state index contributed by atoms with van der Waals surface area (Å²) in [5.41, 5.74) is 5.46. The first-order chi connectivity index (χ1) is 7.83. The molecule has 0 atom stereocenters. The van der Waals surface area contributed by atoms with Gasteiger partial charge in [-0.05, 0) is 18.4 Å². The molecular formula is C10H11N3OS2. The molecule has 0 radical (unpaired) electrons. The Morgan fingerprint density at radius 2 is 2.19 bits per heavy atom. The van der Waals surface area contributed by atoms with E-state index in [4.69, 9.17) is 10.5 Å². The molecule has 4 nitrogen and oxygen atoms in total. The molecular weight excluding hydrogens is 242 g/mol. The number of ether oxygens (including phenoxy) is 1. The van der Waals surface area contributed by atoms with E-state index in [0.717, 1.165) is 15.7 Å². The van der Waals surface area contributed by atoms with E-state index in [1.807, 2.05) is 30.5 Å². The Morgan fingerprint density at radius 1 is 1.38 bits per heavy atom. The number of nitrogens with two attached hydrogens (primary N) is 1. The lowest BCUT2D eigenvalue weighted by molar-refractivity contribution is 0.462. The maximum atomic E-state index is 5.65. The van der Waals surface area contributed by atoms with Crippen LogP contribution in [0.4, 0.5) is 0 Å². The van der Waals surface area contributed by atoms with Crippen molar-refractivity contribution in [3.63, 3.8) is 0 Å². The molecule has 1 aromatic heterocycles. The summed E-state index contributed by atoms with van der Waals surface area (Å²) in [6.45, 7) is 0.394. The third-order valence-corrected chi connectivity index (χ3v) is 3.49. The first-order valence-corrected chi connectivity index (χ1v) is 6.71. The summed E-state index contributed by atoms with van der Waals surface area (Å²) < 4.78 is 5.65. The fourth-order valence-electron chi connectivity index (χ4n) is 1.16. The largest absolute Gasteiger partial charge is 0.429 e. The Hall–Kier alpha value is -1.11. The lowest BCUT2D eigenvalue weighted by Gasteiger charge is -2.05. The predicted molar refractivity (Wildman–Crippen MR) is 66.1 cm³/mol. The van der Waals surface area contributed by atoms with Crippen molar-refractivity contribution in [1.29, 1.82) is 0 Å². The summed E-state index contributed by atoms with van der Waals surface area (Å²) in [7, 11) is 0. The van der Waals surface area contributed by atoms with Crippen LogP contribution in [0.1, 0.15) is 5.01 Å². The van der Waals surface area contributed by atoms with Crippen molar-refractivity contribution in [2.24, 2.45) is 5.73 Å². The molecule has 0 fully saturated rings. The average molecular weight is 253 g/mol. The van der Waals surface area contributed by atoms with Gasteiger partial charge in [-0.2, -0.15) is 0 Å². The van der Waals surface area contributed by atoms with Crippen molar-refractivity contribution >= 4 is 23.1 Å². The van der Waals surface area contributed by atoms with E-state index in [2.05, 4.69) is 10.2 Å². The molecule has 1 aromatic carbocycles. The number of hydrogen-bond donors (Lipinski definition) is 1. The van der Waals surface area contributed by atoms with Gasteiger partial charge in [0.1, 0.15) is 10.8 Å². The zero-order valence-corrected chi connectivity index (χ0v) is 10.3. The van der Waals surface area contributed by atoms with Crippen molar-refractivity contribution in [1.82, 2.24) is 10.2 Å². The molecule has 2 rings (SSSR count). The molecule has 2 aromatic rings. The van der Waals surface area contributed by atoms with Crippen molar-refractivity contribution in [3.05, 3.63) is 29.3 Å². The quantitative estimate of drug-likeness (QED) is 0.848. The molecule has 0 spiro atoms. The molecule has 0 aliphatic heterocycles. The molecule has 16 heavy (non-hydrogen) atoms. The highest BCUT2D eigenvalue weighted by Crippen LogP contribution is 2.32. The number of thioether (sulfide) groups is 1. The lowest BCUT2D eigenvalue weighted by atomic mass is 10.3. The Morgan fingerprint density at radius 3 is 2.88 bits per heavy atom. The summed E-state index contributed by atoms with van der Waals surface area (Å²) in [4.78, 5) is 1.08. The lowest BCUT2D eigenvalue weighted by Crippen LogP contribution is -1.94. The van der Waals surface area contributed by atoms with E-state index in [1.165, 1.54) is 11.3 Å². The van der Waals surface area contributed by atoms with Gasteiger partial charge in [0.25, 0.3) is 5.19 Å². The van der Waals surface area contributed by atoms with Gasteiger partial charge in [-0.15, -0.1) is 16.9 Å². The predicted octanol–water partition coefficient (Wildman–Crippen LogP) is 2.51. The molecule has 1 heterocycles. The second-order valence-electron chi connectivity index (χ2n) is 2.92. The third kappa shape index (κ3) is 2.52. The Kier molecular flexibility index (Phi) is 3.76. The topological polar surface area (TPSA) is 61.0 Å². The van der Waals surface area contributed by atoms with Crippen molar-refractivity contribution in [2.45, 2.75) is 11.4 Å². The average Bonchev–Trinajstić information content (AvgIpc) is 2.77. The van der Waals surface area contributed by atoms with Gasteiger partial charge >= 0.3 is 0 Å². The summed E-state index contributed by atoms with van der Waals surface area (Å²) in [5.74, 6) is 0.801. The number of hydrogen-bond acceptors (Lipinski definition) is 6. The maximum absolute atomic E-state index is 5.65. The second kappa shape index (κ2) is 5.29. The van der Waals surface area contributed by atoms with Crippen molar-refractivity contribution < 1.29 is 4.74 Å². The number of aromatic nitrogens is 2. The van der Waals surface area contributed by atoms with Crippen LogP contribution in [0.2, 0.25) is 0 Å². The van der Waals surface area contributed by atoms with Crippen LogP contribution in [0.15, 0.2) is 29.2 Å². The van der Waals surface area contributed by atoms with Gasteiger partial charge in [-0.25, -0.2) is 0 Å².